The van der Waals surface area contributed by atoms with Gasteiger partial charge in [0.05, 0.1) is 16.5 Å². The van der Waals surface area contributed by atoms with E-state index < -0.39 is 15.1 Å². The average molecular weight is 278 g/mol. The van der Waals surface area contributed by atoms with Gasteiger partial charge in [-0.1, -0.05) is 0 Å². The fourth-order valence-electron chi connectivity index (χ4n) is 3.01. The molecule has 3 unspecified atom stereocenters. The van der Waals surface area contributed by atoms with Crippen LogP contribution in [-0.4, -0.2) is 37.2 Å². The van der Waals surface area contributed by atoms with Crippen molar-refractivity contribution in [3.05, 3.63) is 0 Å². The number of nitrogens with one attached hydrogen (secondary N) is 1. The molecule has 0 aromatic carbocycles. The zero-order valence-electron chi connectivity index (χ0n) is 12.1. The molecule has 0 spiro atoms. The van der Waals surface area contributed by atoms with Crippen LogP contribution < -0.4 is 11.3 Å². The molecule has 18 heavy (non-hydrogen) atoms. The molecule has 1 heterocycles. The first-order valence-corrected chi connectivity index (χ1v) is 8.21. The molecule has 3 N–H and O–H groups in total. The van der Waals surface area contributed by atoms with Crippen LogP contribution in [0.3, 0.4) is 0 Å². The van der Waals surface area contributed by atoms with Crippen molar-refractivity contribution in [3.8, 4) is 0 Å². The summed E-state index contributed by atoms with van der Waals surface area (Å²) in [4.78, 5) is 0. The Morgan fingerprint density at radius 2 is 1.83 bits per heavy atom. The summed E-state index contributed by atoms with van der Waals surface area (Å²) in [6.07, 6.45) is 2.03. The van der Waals surface area contributed by atoms with Gasteiger partial charge in [-0.2, -0.15) is 0 Å². The largest absolute Gasteiger partial charge is 0.369 e. The number of nitrogens with two attached hydrogens (primary N) is 1. The molecular formula is C12H26N2O3S. The molecule has 0 amide bonds. The molecule has 0 aromatic rings. The summed E-state index contributed by atoms with van der Waals surface area (Å²) >= 11 is 0. The molecule has 1 saturated heterocycles. The fourth-order valence-corrected chi connectivity index (χ4v) is 3.81. The highest BCUT2D eigenvalue weighted by Gasteiger charge is 2.51. The molecule has 1 aliphatic heterocycles. The van der Waals surface area contributed by atoms with Gasteiger partial charge < -0.3 is 4.74 Å². The summed E-state index contributed by atoms with van der Waals surface area (Å²) in [7, 11) is -3.14. The molecule has 108 valence electrons. The zero-order valence-corrected chi connectivity index (χ0v) is 13.0. The van der Waals surface area contributed by atoms with Crippen molar-refractivity contribution < 1.29 is 13.2 Å². The molecule has 0 aliphatic carbocycles. The van der Waals surface area contributed by atoms with E-state index in [1.807, 2.05) is 27.7 Å². The third-order valence-electron chi connectivity index (χ3n) is 3.95. The molecule has 1 aliphatic rings. The second kappa shape index (κ2) is 4.74. The Bertz CT molecular complexity index is 404. The van der Waals surface area contributed by atoms with E-state index in [-0.39, 0.29) is 23.2 Å². The minimum Gasteiger partial charge on any atom is -0.369 e. The van der Waals surface area contributed by atoms with Gasteiger partial charge in [0.2, 0.25) is 0 Å². The van der Waals surface area contributed by atoms with Crippen LogP contribution in [0, 0.1) is 5.92 Å². The van der Waals surface area contributed by atoms with Gasteiger partial charge in [0.15, 0.2) is 9.84 Å². The van der Waals surface area contributed by atoms with Crippen molar-refractivity contribution in [1.82, 2.24) is 5.43 Å². The van der Waals surface area contributed by atoms with Crippen molar-refractivity contribution in [2.45, 2.75) is 63.5 Å². The van der Waals surface area contributed by atoms with Crippen molar-refractivity contribution in [2.24, 2.45) is 11.8 Å². The number of sulfone groups is 1. The summed E-state index contributed by atoms with van der Waals surface area (Å²) in [6.45, 7) is 9.72. The highest BCUT2D eigenvalue weighted by atomic mass is 32.2. The minimum atomic E-state index is -3.14. The summed E-state index contributed by atoms with van der Waals surface area (Å²) < 4.78 is 29.5. The van der Waals surface area contributed by atoms with Crippen LogP contribution in [0.25, 0.3) is 0 Å². The van der Waals surface area contributed by atoms with E-state index in [0.29, 0.717) is 0 Å². The van der Waals surface area contributed by atoms with Crippen LogP contribution in [0.1, 0.15) is 41.0 Å². The Morgan fingerprint density at radius 3 is 2.11 bits per heavy atom. The molecule has 1 rings (SSSR count). The summed E-state index contributed by atoms with van der Waals surface area (Å²) in [5, 5.41) is -0.538. The van der Waals surface area contributed by atoms with E-state index >= 15 is 0 Å². The third-order valence-corrected chi connectivity index (χ3v) is 5.59. The van der Waals surface area contributed by atoms with Gasteiger partial charge in [0, 0.05) is 18.2 Å². The highest BCUT2D eigenvalue weighted by Crippen LogP contribution is 2.44. The van der Waals surface area contributed by atoms with Gasteiger partial charge >= 0.3 is 0 Å². The smallest absolute Gasteiger partial charge is 0.151 e. The summed E-state index contributed by atoms with van der Waals surface area (Å²) in [6, 6.07) is -0.309. The van der Waals surface area contributed by atoms with E-state index in [1.165, 1.54) is 6.26 Å². The lowest BCUT2D eigenvalue weighted by atomic mass is 9.81. The van der Waals surface area contributed by atoms with Gasteiger partial charge in [0.25, 0.3) is 0 Å². The van der Waals surface area contributed by atoms with Gasteiger partial charge in [-0.3, -0.25) is 11.3 Å². The third kappa shape index (κ3) is 3.23. The lowest BCUT2D eigenvalue weighted by molar-refractivity contribution is -0.0776. The van der Waals surface area contributed by atoms with Crippen LogP contribution in [0.15, 0.2) is 0 Å². The first-order chi connectivity index (χ1) is 7.91. The molecule has 0 bridgehead atoms. The standard InChI is InChI=1S/C12H26N2O3S/c1-8(18(6,15)16)10(14-13)9-7-11(2,3)17-12(9,4)5/h8-10,14H,7,13H2,1-6H3. The fraction of sp³-hybridized carbons (Fsp3) is 1.00. The maximum absolute atomic E-state index is 11.7. The van der Waals surface area contributed by atoms with Crippen LogP contribution in [-0.2, 0) is 14.6 Å². The predicted molar refractivity (Wildman–Crippen MR) is 72.8 cm³/mol. The molecule has 1 fully saturated rings. The first kappa shape index (κ1) is 15.9. The Labute approximate surface area is 110 Å². The van der Waals surface area contributed by atoms with E-state index in [1.54, 1.807) is 6.92 Å². The van der Waals surface area contributed by atoms with Crippen LogP contribution in [0.4, 0.5) is 0 Å². The topological polar surface area (TPSA) is 81.4 Å². The highest BCUT2D eigenvalue weighted by molar-refractivity contribution is 7.91. The molecule has 3 atom stereocenters. The molecule has 0 radical (unpaired) electrons. The normalized spacial score (nSPS) is 30.1. The molecular weight excluding hydrogens is 252 g/mol. The maximum Gasteiger partial charge on any atom is 0.151 e. The van der Waals surface area contributed by atoms with Crippen LogP contribution in [0.2, 0.25) is 0 Å². The quantitative estimate of drug-likeness (QED) is 0.588. The van der Waals surface area contributed by atoms with Crippen molar-refractivity contribution in [1.29, 1.82) is 0 Å². The number of rotatable bonds is 4. The summed E-state index contributed by atoms with van der Waals surface area (Å²) in [5.41, 5.74) is 2.05. The van der Waals surface area contributed by atoms with Gasteiger partial charge in [-0.15, -0.1) is 0 Å². The van der Waals surface area contributed by atoms with Gasteiger partial charge in [0.1, 0.15) is 0 Å². The Hall–Kier alpha value is -0.170. The van der Waals surface area contributed by atoms with Gasteiger partial charge in [-0.25, -0.2) is 8.42 Å². The predicted octanol–water partition coefficient (Wildman–Crippen LogP) is 0.845. The van der Waals surface area contributed by atoms with E-state index in [2.05, 4.69) is 5.43 Å². The molecule has 6 heteroatoms. The molecule has 5 nitrogen and oxygen atoms in total. The second-order valence-electron chi connectivity index (χ2n) is 6.50. The Balaban J connectivity index is 3.04. The summed E-state index contributed by atoms with van der Waals surface area (Å²) in [5.74, 6) is 5.65. The lowest BCUT2D eigenvalue weighted by Crippen LogP contribution is -2.54. The average Bonchev–Trinajstić information content (AvgIpc) is 2.34. The zero-order chi connectivity index (χ0) is 14.4. The van der Waals surface area contributed by atoms with E-state index in [0.717, 1.165) is 6.42 Å². The van der Waals surface area contributed by atoms with Crippen LogP contribution in [0.5, 0.6) is 0 Å². The molecule has 0 saturated carbocycles. The monoisotopic (exact) mass is 278 g/mol. The SMILES string of the molecule is CC(C(NN)C1CC(C)(C)OC1(C)C)S(C)(=O)=O. The van der Waals surface area contributed by atoms with Crippen molar-refractivity contribution in [3.63, 3.8) is 0 Å². The maximum atomic E-state index is 11.7. The lowest BCUT2D eigenvalue weighted by Gasteiger charge is -2.35. The Kier molecular flexibility index (Phi) is 4.18. The minimum absolute atomic E-state index is 0.0576. The number of hydrogen-bond acceptors (Lipinski definition) is 5. The number of hydrogen-bond donors (Lipinski definition) is 2. The first-order valence-electron chi connectivity index (χ1n) is 6.26. The van der Waals surface area contributed by atoms with Gasteiger partial charge in [-0.05, 0) is 41.0 Å². The number of hydrazine groups is 1. The second-order valence-corrected chi connectivity index (χ2v) is 8.91. The Morgan fingerprint density at radius 1 is 1.33 bits per heavy atom. The van der Waals surface area contributed by atoms with E-state index in [9.17, 15) is 8.42 Å². The molecule has 0 aromatic heterocycles. The van der Waals surface area contributed by atoms with Crippen molar-refractivity contribution >= 4 is 9.84 Å². The number of ether oxygens (including phenoxy) is 1. The van der Waals surface area contributed by atoms with E-state index in [4.69, 9.17) is 10.6 Å². The van der Waals surface area contributed by atoms with Crippen molar-refractivity contribution in [2.75, 3.05) is 6.26 Å². The van der Waals surface area contributed by atoms with Crippen LogP contribution >= 0.6 is 0 Å².